The summed E-state index contributed by atoms with van der Waals surface area (Å²) in [7, 11) is 0. The van der Waals surface area contributed by atoms with Gasteiger partial charge in [0.1, 0.15) is 5.69 Å². The molecule has 5 heteroatoms. The summed E-state index contributed by atoms with van der Waals surface area (Å²) < 4.78 is 11.3. The van der Waals surface area contributed by atoms with Crippen LogP contribution in [0.25, 0.3) is 11.3 Å². The maximum Gasteiger partial charge on any atom is 0.181 e. The lowest BCUT2D eigenvalue weighted by Crippen LogP contribution is -2.35. The number of oxazole rings is 1. The van der Waals surface area contributed by atoms with E-state index in [9.17, 15) is 0 Å². The first-order valence-corrected chi connectivity index (χ1v) is 6.17. The molecule has 2 aromatic rings. The number of rotatable bonds is 3. The number of halogens is 1. The van der Waals surface area contributed by atoms with E-state index >= 15 is 0 Å². The molecule has 0 radical (unpaired) electrons. The van der Waals surface area contributed by atoms with E-state index in [-0.39, 0.29) is 5.54 Å². The zero-order valence-electron chi connectivity index (χ0n) is 10.1. The monoisotopic (exact) mass is 298 g/mol. The Balaban J connectivity index is 2.21. The molecule has 0 unspecified atom stereocenters. The first-order chi connectivity index (χ1) is 7.97. The van der Waals surface area contributed by atoms with Crippen LogP contribution >= 0.6 is 15.9 Å². The van der Waals surface area contributed by atoms with Gasteiger partial charge in [-0.05, 0) is 42.8 Å². The molecule has 2 heterocycles. The Kier molecular flexibility index (Phi) is 3.40. The Morgan fingerprint density at radius 3 is 2.71 bits per heavy atom. The second-order valence-electron chi connectivity index (χ2n) is 4.84. The van der Waals surface area contributed by atoms with E-state index in [0.29, 0.717) is 11.2 Å². The molecule has 0 bridgehead atoms. The maximum atomic E-state index is 5.41. The van der Waals surface area contributed by atoms with Gasteiger partial charge in [0.05, 0.1) is 11.8 Å². The summed E-state index contributed by atoms with van der Waals surface area (Å²) in [6, 6.07) is 1.85. The smallest absolute Gasteiger partial charge is 0.181 e. The summed E-state index contributed by atoms with van der Waals surface area (Å²) in [6.45, 7) is 6.99. The van der Waals surface area contributed by atoms with E-state index in [2.05, 4.69) is 47.0 Å². The second kappa shape index (κ2) is 4.66. The molecule has 4 nitrogen and oxygen atoms in total. The highest BCUT2D eigenvalue weighted by molar-refractivity contribution is 9.10. The summed E-state index contributed by atoms with van der Waals surface area (Å²) in [5.41, 5.74) is 1.80. The van der Waals surface area contributed by atoms with Gasteiger partial charge in [-0.1, -0.05) is 0 Å². The molecule has 0 aliphatic carbocycles. The van der Waals surface area contributed by atoms with E-state index in [1.165, 1.54) is 6.39 Å². The van der Waals surface area contributed by atoms with Crippen LogP contribution in [0.1, 0.15) is 26.5 Å². The van der Waals surface area contributed by atoms with Crippen LogP contribution < -0.4 is 5.32 Å². The molecule has 0 amide bonds. The predicted molar refractivity (Wildman–Crippen MR) is 68.5 cm³/mol. The summed E-state index contributed by atoms with van der Waals surface area (Å²) in [6.07, 6.45) is 3.07. The van der Waals surface area contributed by atoms with Crippen molar-refractivity contribution in [3.63, 3.8) is 0 Å². The van der Waals surface area contributed by atoms with Gasteiger partial charge >= 0.3 is 0 Å². The topological polar surface area (TPSA) is 51.2 Å². The van der Waals surface area contributed by atoms with Crippen molar-refractivity contribution in [3.8, 4) is 11.3 Å². The van der Waals surface area contributed by atoms with E-state index in [1.807, 2.05) is 6.07 Å². The molecule has 92 valence electrons. The third kappa shape index (κ3) is 2.98. The van der Waals surface area contributed by atoms with Crippen molar-refractivity contribution in [1.29, 1.82) is 0 Å². The molecule has 0 fully saturated rings. The summed E-state index contributed by atoms with van der Waals surface area (Å²) in [4.78, 5) is 4.22. The summed E-state index contributed by atoms with van der Waals surface area (Å²) in [5.74, 6) is 0.738. The van der Waals surface area contributed by atoms with Gasteiger partial charge in [0.15, 0.2) is 16.8 Å². The molecule has 0 saturated heterocycles. The first kappa shape index (κ1) is 12.4. The summed E-state index contributed by atoms with van der Waals surface area (Å²) >= 11 is 3.34. The fraction of sp³-hybridized carbons (Fsp3) is 0.417. The van der Waals surface area contributed by atoms with Gasteiger partial charge in [-0.25, -0.2) is 4.98 Å². The third-order valence-corrected chi connectivity index (χ3v) is 2.90. The average molecular weight is 299 g/mol. The molecule has 0 atom stereocenters. The lowest BCUT2D eigenvalue weighted by Gasteiger charge is -2.19. The molecular weight excluding hydrogens is 284 g/mol. The van der Waals surface area contributed by atoms with Gasteiger partial charge in [0.2, 0.25) is 0 Å². The minimum absolute atomic E-state index is 0.0455. The fourth-order valence-corrected chi connectivity index (χ4v) is 1.84. The van der Waals surface area contributed by atoms with Gasteiger partial charge in [-0.15, -0.1) is 0 Å². The zero-order chi connectivity index (χ0) is 12.5. The predicted octanol–water partition coefficient (Wildman–Crippen LogP) is 3.59. The normalized spacial score (nSPS) is 12.0. The average Bonchev–Trinajstić information content (AvgIpc) is 2.81. The van der Waals surface area contributed by atoms with Gasteiger partial charge in [0.25, 0.3) is 0 Å². The Bertz CT molecular complexity index is 497. The van der Waals surface area contributed by atoms with Gasteiger partial charge in [-0.2, -0.15) is 0 Å². The van der Waals surface area contributed by atoms with Crippen LogP contribution in [0.3, 0.4) is 0 Å². The van der Waals surface area contributed by atoms with Crippen LogP contribution in [0, 0.1) is 0 Å². The maximum absolute atomic E-state index is 5.41. The standard InChI is InChI=1S/C12H15BrN2O2/c1-12(2,3)15-6-9-10(17-7-14-9)8-4-5-16-11(8)13/h4-5,7,15H,6H2,1-3H3. The van der Waals surface area contributed by atoms with Crippen LogP contribution in [0.15, 0.2) is 32.2 Å². The van der Waals surface area contributed by atoms with Crippen molar-refractivity contribution in [1.82, 2.24) is 10.3 Å². The molecule has 17 heavy (non-hydrogen) atoms. The number of furan rings is 1. The number of aromatic nitrogens is 1. The minimum atomic E-state index is 0.0455. The summed E-state index contributed by atoms with van der Waals surface area (Å²) in [5, 5.41) is 3.38. The molecule has 0 spiro atoms. The molecule has 2 aromatic heterocycles. The largest absolute Gasteiger partial charge is 0.457 e. The van der Waals surface area contributed by atoms with Crippen LogP contribution in [0.5, 0.6) is 0 Å². The van der Waals surface area contributed by atoms with Crippen LogP contribution in [0.2, 0.25) is 0 Å². The van der Waals surface area contributed by atoms with E-state index < -0.39 is 0 Å². The molecule has 2 rings (SSSR count). The number of nitrogens with one attached hydrogen (secondary N) is 1. The van der Waals surface area contributed by atoms with Crippen molar-refractivity contribution < 1.29 is 8.83 Å². The van der Waals surface area contributed by atoms with E-state index in [1.54, 1.807) is 6.26 Å². The number of hydrogen-bond donors (Lipinski definition) is 1. The highest BCUT2D eigenvalue weighted by Crippen LogP contribution is 2.31. The van der Waals surface area contributed by atoms with E-state index in [4.69, 9.17) is 8.83 Å². The Labute approximate surface area is 109 Å². The van der Waals surface area contributed by atoms with Crippen molar-refractivity contribution in [2.75, 3.05) is 0 Å². The van der Waals surface area contributed by atoms with Gasteiger partial charge in [0, 0.05) is 12.1 Å². The Hall–Kier alpha value is -1.07. The highest BCUT2D eigenvalue weighted by atomic mass is 79.9. The molecule has 0 aliphatic heterocycles. The van der Waals surface area contributed by atoms with Crippen molar-refractivity contribution in [2.24, 2.45) is 0 Å². The van der Waals surface area contributed by atoms with Crippen LogP contribution in [0.4, 0.5) is 0 Å². The van der Waals surface area contributed by atoms with E-state index in [0.717, 1.165) is 17.0 Å². The quantitative estimate of drug-likeness (QED) is 0.941. The van der Waals surface area contributed by atoms with Crippen molar-refractivity contribution in [3.05, 3.63) is 29.1 Å². The zero-order valence-corrected chi connectivity index (χ0v) is 11.7. The lowest BCUT2D eigenvalue weighted by molar-refractivity contribution is 0.421. The Morgan fingerprint density at radius 2 is 2.12 bits per heavy atom. The number of hydrogen-bond acceptors (Lipinski definition) is 4. The van der Waals surface area contributed by atoms with Crippen molar-refractivity contribution >= 4 is 15.9 Å². The number of nitrogens with zero attached hydrogens (tertiary/aromatic N) is 1. The van der Waals surface area contributed by atoms with Gasteiger partial charge < -0.3 is 14.2 Å². The van der Waals surface area contributed by atoms with Crippen molar-refractivity contribution in [2.45, 2.75) is 32.9 Å². The second-order valence-corrected chi connectivity index (χ2v) is 5.56. The first-order valence-electron chi connectivity index (χ1n) is 5.38. The van der Waals surface area contributed by atoms with Crippen LogP contribution in [-0.4, -0.2) is 10.5 Å². The lowest BCUT2D eigenvalue weighted by atomic mass is 10.1. The van der Waals surface area contributed by atoms with Crippen LogP contribution in [-0.2, 0) is 6.54 Å². The minimum Gasteiger partial charge on any atom is -0.457 e. The molecule has 0 saturated carbocycles. The SMILES string of the molecule is CC(C)(C)NCc1ncoc1-c1ccoc1Br. The van der Waals surface area contributed by atoms with Gasteiger partial charge in [-0.3, -0.25) is 0 Å². The molecule has 0 aliphatic rings. The molecular formula is C12H15BrN2O2. The fourth-order valence-electron chi connectivity index (χ4n) is 1.42. The molecule has 0 aromatic carbocycles. The Morgan fingerprint density at radius 1 is 1.35 bits per heavy atom. The highest BCUT2D eigenvalue weighted by Gasteiger charge is 2.17. The molecule has 1 N–H and O–H groups in total. The third-order valence-electron chi connectivity index (χ3n) is 2.29.